The van der Waals surface area contributed by atoms with Crippen LogP contribution in [0.3, 0.4) is 0 Å². The van der Waals surface area contributed by atoms with Crippen molar-refractivity contribution in [3.63, 3.8) is 0 Å². The van der Waals surface area contributed by atoms with Gasteiger partial charge >= 0.3 is 6.03 Å². The van der Waals surface area contributed by atoms with Crippen LogP contribution in [0.25, 0.3) is 0 Å². The number of carbonyl (C=O) groups excluding carboxylic acids is 2. The maximum Gasteiger partial charge on any atom is 0.323 e. The first-order valence-corrected chi connectivity index (χ1v) is 9.55. The van der Waals surface area contributed by atoms with Crippen molar-refractivity contribution >= 4 is 40.8 Å². The maximum absolute atomic E-state index is 12.2. The molecule has 0 atom stereocenters. The van der Waals surface area contributed by atoms with Gasteiger partial charge in [-0.25, -0.2) is 4.79 Å². The van der Waals surface area contributed by atoms with Crippen molar-refractivity contribution < 1.29 is 9.59 Å². The number of benzene rings is 3. The molecule has 0 aromatic heterocycles. The molecule has 3 amide bonds. The fourth-order valence-corrected chi connectivity index (χ4v) is 2.92. The molecule has 0 aliphatic heterocycles. The number of hydrogen-bond acceptors (Lipinski definition) is 3. The standard InChI is InChI=1S/C21H19N3O2S/c1-27-19-12-6-11-18(14-19)24-21(26)23-17-10-5-9-16(13-17)22-20(25)15-7-3-2-4-8-15/h2-14H,1H3,(H,22,25)(H2,23,24,26). The molecule has 3 aromatic carbocycles. The molecular formula is C21H19N3O2S. The van der Waals surface area contributed by atoms with E-state index in [1.54, 1.807) is 48.2 Å². The number of urea groups is 1. The van der Waals surface area contributed by atoms with Crippen LogP contribution in [0, 0.1) is 0 Å². The van der Waals surface area contributed by atoms with Gasteiger partial charge in [0.25, 0.3) is 5.91 Å². The number of thioether (sulfide) groups is 1. The first-order chi connectivity index (χ1) is 13.1. The Bertz CT molecular complexity index is 945. The summed E-state index contributed by atoms with van der Waals surface area (Å²) in [4.78, 5) is 25.5. The number of hydrogen-bond donors (Lipinski definition) is 3. The fourth-order valence-electron chi connectivity index (χ4n) is 2.46. The lowest BCUT2D eigenvalue weighted by Gasteiger charge is -2.10. The third-order valence-corrected chi connectivity index (χ3v) is 4.47. The Balaban J connectivity index is 1.63. The molecule has 136 valence electrons. The van der Waals surface area contributed by atoms with E-state index in [4.69, 9.17) is 0 Å². The van der Waals surface area contributed by atoms with E-state index in [1.807, 2.05) is 48.7 Å². The van der Waals surface area contributed by atoms with E-state index in [0.29, 0.717) is 22.6 Å². The minimum Gasteiger partial charge on any atom is -0.322 e. The molecule has 0 bridgehead atoms. The van der Waals surface area contributed by atoms with Crippen LogP contribution in [0.2, 0.25) is 0 Å². The van der Waals surface area contributed by atoms with Crippen LogP contribution in [0.1, 0.15) is 10.4 Å². The second-order valence-corrected chi connectivity index (χ2v) is 6.59. The van der Waals surface area contributed by atoms with Crippen molar-refractivity contribution in [2.45, 2.75) is 4.90 Å². The van der Waals surface area contributed by atoms with Crippen molar-refractivity contribution in [2.24, 2.45) is 0 Å². The van der Waals surface area contributed by atoms with Gasteiger partial charge in [0, 0.05) is 27.5 Å². The summed E-state index contributed by atoms with van der Waals surface area (Å²) in [6, 6.07) is 23.2. The summed E-state index contributed by atoms with van der Waals surface area (Å²) in [5.74, 6) is -0.203. The molecule has 0 unspecified atom stereocenters. The maximum atomic E-state index is 12.2. The Morgan fingerprint density at radius 2 is 1.30 bits per heavy atom. The van der Waals surface area contributed by atoms with Gasteiger partial charge in [0.05, 0.1) is 0 Å². The normalized spacial score (nSPS) is 10.1. The van der Waals surface area contributed by atoms with Gasteiger partial charge in [-0.15, -0.1) is 11.8 Å². The number of nitrogens with one attached hydrogen (secondary N) is 3. The molecule has 3 aromatic rings. The lowest BCUT2D eigenvalue weighted by atomic mass is 10.2. The van der Waals surface area contributed by atoms with E-state index in [9.17, 15) is 9.59 Å². The summed E-state index contributed by atoms with van der Waals surface area (Å²) < 4.78 is 0. The Labute approximate surface area is 162 Å². The molecule has 3 rings (SSSR count). The predicted octanol–water partition coefficient (Wildman–Crippen LogP) is 5.30. The van der Waals surface area contributed by atoms with Crippen LogP contribution < -0.4 is 16.0 Å². The van der Waals surface area contributed by atoms with Gasteiger partial charge < -0.3 is 16.0 Å². The molecule has 0 aliphatic rings. The number of amides is 3. The second-order valence-electron chi connectivity index (χ2n) is 5.71. The van der Waals surface area contributed by atoms with E-state index in [-0.39, 0.29) is 11.9 Å². The minimum absolute atomic E-state index is 0.203. The average molecular weight is 377 g/mol. The van der Waals surface area contributed by atoms with E-state index in [2.05, 4.69) is 16.0 Å². The molecule has 6 heteroatoms. The lowest BCUT2D eigenvalue weighted by molar-refractivity contribution is 0.102. The molecule has 0 heterocycles. The van der Waals surface area contributed by atoms with Crippen LogP contribution >= 0.6 is 11.8 Å². The molecule has 0 fully saturated rings. The van der Waals surface area contributed by atoms with Crippen molar-refractivity contribution in [2.75, 3.05) is 22.2 Å². The first kappa shape index (κ1) is 18.5. The Kier molecular flexibility index (Phi) is 6.12. The Morgan fingerprint density at radius 1 is 0.704 bits per heavy atom. The van der Waals surface area contributed by atoms with E-state index in [1.165, 1.54) is 0 Å². The van der Waals surface area contributed by atoms with Gasteiger partial charge in [-0.2, -0.15) is 0 Å². The zero-order valence-electron chi connectivity index (χ0n) is 14.7. The topological polar surface area (TPSA) is 70.2 Å². The SMILES string of the molecule is CSc1cccc(NC(=O)Nc2cccc(NC(=O)c3ccccc3)c2)c1. The molecule has 27 heavy (non-hydrogen) atoms. The van der Waals surface area contributed by atoms with Gasteiger partial charge in [-0.05, 0) is 54.8 Å². The quantitative estimate of drug-likeness (QED) is 0.528. The molecule has 0 saturated carbocycles. The van der Waals surface area contributed by atoms with Crippen LogP contribution in [-0.4, -0.2) is 18.2 Å². The van der Waals surface area contributed by atoms with Crippen LogP contribution in [0.15, 0.2) is 83.8 Å². The molecule has 0 aliphatic carbocycles. The lowest BCUT2D eigenvalue weighted by Crippen LogP contribution is -2.19. The highest BCUT2D eigenvalue weighted by molar-refractivity contribution is 7.98. The van der Waals surface area contributed by atoms with Crippen molar-refractivity contribution in [3.05, 3.63) is 84.4 Å². The largest absolute Gasteiger partial charge is 0.323 e. The zero-order chi connectivity index (χ0) is 19.1. The third-order valence-electron chi connectivity index (χ3n) is 3.74. The predicted molar refractivity (Wildman–Crippen MR) is 112 cm³/mol. The molecule has 5 nitrogen and oxygen atoms in total. The summed E-state index contributed by atoms with van der Waals surface area (Å²) >= 11 is 1.61. The molecule has 0 radical (unpaired) electrons. The molecule has 0 spiro atoms. The minimum atomic E-state index is -0.347. The summed E-state index contributed by atoms with van der Waals surface area (Å²) in [5, 5.41) is 8.40. The summed E-state index contributed by atoms with van der Waals surface area (Å²) in [6.07, 6.45) is 1.98. The van der Waals surface area contributed by atoms with Crippen molar-refractivity contribution in [3.8, 4) is 0 Å². The second kappa shape index (κ2) is 8.91. The highest BCUT2D eigenvalue weighted by atomic mass is 32.2. The highest BCUT2D eigenvalue weighted by Crippen LogP contribution is 2.20. The van der Waals surface area contributed by atoms with Gasteiger partial charge in [-0.3, -0.25) is 4.79 Å². The van der Waals surface area contributed by atoms with Crippen LogP contribution in [0.4, 0.5) is 21.9 Å². The van der Waals surface area contributed by atoms with Crippen molar-refractivity contribution in [1.82, 2.24) is 0 Å². The first-order valence-electron chi connectivity index (χ1n) is 8.32. The summed E-state index contributed by atoms with van der Waals surface area (Å²) in [7, 11) is 0. The number of carbonyl (C=O) groups is 2. The van der Waals surface area contributed by atoms with E-state index >= 15 is 0 Å². The monoisotopic (exact) mass is 377 g/mol. The van der Waals surface area contributed by atoms with Gasteiger partial charge in [0.15, 0.2) is 0 Å². The van der Waals surface area contributed by atoms with Gasteiger partial charge in [-0.1, -0.05) is 30.3 Å². The van der Waals surface area contributed by atoms with E-state index < -0.39 is 0 Å². The fraction of sp³-hybridized carbons (Fsp3) is 0.0476. The molecule has 3 N–H and O–H groups in total. The molecule has 0 saturated heterocycles. The van der Waals surface area contributed by atoms with Crippen molar-refractivity contribution in [1.29, 1.82) is 0 Å². The van der Waals surface area contributed by atoms with Gasteiger partial charge in [0.2, 0.25) is 0 Å². The average Bonchev–Trinajstić information content (AvgIpc) is 2.69. The highest BCUT2D eigenvalue weighted by Gasteiger charge is 2.07. The van der Waals surface area contributed by atoms with E-state index in [0.717, 1.165) is 4.90 Å². The Hall–Kier alpha value is -3.25. The zero-order valence-corrected chi connectivity index (χ0v) is 15.5. The summed E-state index contributed by atoms with van der Waals surface area (Å²) in [6.45, 7) is 0. The number of rotatable bonds is 5. The number of anilines is 3. The van der Waals surface area contributed by atoms with Gasteiger partial charge in [0.1, 0.15) is 0 Å². The van der Waals surface area contributed by atoms with Crippen LogP contribution in [0.5, 0.6) is 0 Å². The smallest absolute Gasteiger partial charge is 0.322 e. The molecular weight excluding hydrogens is 358 g/mol. The van der Waals surface area contributed by atoms with Crippen LogP contribution in [-0.2, 0) is 0 Å². The Morgan fingerprint density at radius 3 is 1.96 bits per heavy atom. The summed E-state index contributed by atoms with van der Waals surface area (Å²) in [5.41, 5.74) is 2.47. The third kappa shape index (κ3) is 5.36.